The van der Waals surface area contributed by atoms with Crippen molar-refractivity contribution in [3.63, 3.8) is 0 Å². The van der Waals surface area contributed by atoms with Crippen molar-refractivity contribution in [1.82, 2.24) is 0 Å². The number of halogens is 2. The molecule has 42 heavy (non-hydrogen) atoms. The van der Waals surface area contributed by atoms with Crippen LogP contribution in [0, 0.1) is 11.8 Å². The van der Waals surface area contributed by atoms with Gasteiger partial charge in [0.15, 0.2) is 0 Å². The maximum Gasteiger partial charge on any atom is 0.255 e. The molecule has 0 amide bonds. The molecule has 2 aliphatic carbocycles. The van der Waals surface area contributed by atoms with E-state index in [-0.39, 0.29) is 0 Å². The molecule has 210 valence electrons. The molecule has 0 aliphatic heterocycles. The van der Waals surface area contributed by atoms with E-state index in [0.717, 1.165) is 0 Å². The Hall–Kier alpha value is -4.48. The van der Waals surface area contributed by atoms with Crippen LogP contribution in [0.25, 0.3) is 22.3 Å². The maximum atomic E-state index is 10.1. The summed E-state index contributed by atoms with van der Waals surface area (Å²) in [4.78, 5) is 0. The normalized spacial score (nSPS) is 12.6. The first-order valence-corrected chi connectivity index (χ1v) is 15.1. The van der Waals surface area contributed by atoms with Crippen molar-refractivity contribution in [2.24, 2.45) is 0 Å². The van der Waals surface area contributed by atoms with Crippen LogP contribution in [0.4, 0.5) is 7.77 Å². The van der Waals surface area contributed by atoms with Gasteiger partial charge in [-0.1, -0.05) is 0 Å². The first-order valence-electron chi connectivity index (χ1n) is 12.4. The molecule has 0 saturated heterocycles. The minimum Gasteiger partial charge on any atom is -0.722 e. The van der Waals surface area contributed by atoms with Crippen LogP contribution in [0.2, 0.25) is 0 Å². The minimum absolute atomic E-state index is 1.27. The van der Waals surface area contributed by atoms with Gasteiger partial charge in [0.05, 0.1) is 67.5 Å². The Kier molecular flexibility index (Phi) is 7.89. The Balaban J connectivity index is 0.000000308. The van der Waals surface area contributed by atoms with Crippen LogP contribution in [0.1, 0.15) is 33.4 Å². The van der Waals surface area contributed by atoms with Crippen LogP contribution in [0.15, 0.2) is 121 Å². The van der Waals surface area contributed by atoms with Gasteiger partial charge < -0.3 is 9.11 Å². The predicted octanol–water partition coefficient (Wildman–Crippen LogP) is 6.52. The van der Waals surface area contributed by atoms with Gasteiger partial charge in [0.1, 0.15) is 0 Å². The van der Waals surface area contributed by atoms with Gasteiger partial charge in [-0.05, 0) is 97.1 Å². The molecule has 2 aliphatic rings. The van der Waals surface area contributed by atoms with Gasteiger partial charge in [0, 0.05) is 24.3 Å². The fourth-order valence-corrected chi connectivity index (χ4v) is 5.46. The van der Waals surface area contributed by atoms with E-state index in [0.29, 0.717) is 0 Å². The first-order chi connectivity index (χ1) is 19.9. The highest BCUT2D eigenvalue weighted by Crippen LogP contribution is 2.49. The topological polar surface area (TPSA) is 114 Å². The molecule has 0 saturated carbocycles. The maximum absolute atomic E-state index is 10.1. The van der Waals surface area contributed by atoms with Crippen LogP contribution in [-0.2, 0) is 21.0 Å². The Morgan fingerprint density at radius 3 is 0.810 bits per heavy atom. The van der Waals surface area contributed by atoms with Crippen LogP contribution in [0.5, 0.6) is 0 Å². The molecule has 0 heterocycles. The smallest absolute Gasteiger partial charge is 0.255 e. The van der Waals surface area contributed by atoms with Gasteiger partial charge >= 0.3 is 0 Å². The van der Waals surface area contributed by atoms with Gasteiger partial charge in [-0.25, -0.2) is 16.8 Å². The highest BCUT2D eigenvalue weighted by atomic mass is 32.3. The second-order valence-electron chi connectivity index (χ2n) is 9.30. The van der Waals surface area contributed by atoms with E-state index in [9.17, 15) is 7.77 Å². The fraction of sp³-hybridized carbons (Fsp3) is 0. The summed E-state index contributed by atoms with van der Waals surface area (Å²) in [5.41, 5.74) is 13.2. The molecule has 5 aromatic carbocycles. The summed E-state index contributed by atoms with van der Waals surface area (Å²) in [7, 11) is -10.8. The van der Waals surface area contributed by atoms with Gasteiger partial charge in [0.2, 0.25) is 0 Å². The molecule has 5 aromatic rings. The van der Waals surface area contributed by atoms with Crippen molar-refractivity contribution in [2.75, 3.05) is 0 Å². The molecular formula is C32H20F2O6S2. The lowest BCUT2D eigenvalue weighted by atomic mass is 9.85. The SMILES string of the molecule is O=S(=O)([O-])F.O=S(=O)([O-])F.c1ccc2c(c1)-c1ccccc1[C+]2c1ccc([C+]2c3ccccc3-c3ccccc32)cc1. The average molecular weight is 603 g/mol. The van der Waals surface area contributed by atoms with Gasteiger partial charge in [-0.3, -0.25) is 0 Å². The fourth-order valence-electron chi connectivity index (χ4n) is 5.46. The lowest BCUT2D eigenvalue weighted by Gasteiger charge is -2.11. The van der Waals surface area contributed by atoms with Crippen LogP contribution in [0.3, 0.4) is 0 Å². The third kappa shape index (κ3) is 6.37. The average Bonchev–Trinajstić information content (AvgIpc) is 3.45. The summed E-state index contributed by atoms with van der Waals surface area (Å²) in [6.07, 6.45) is 0. The Labute approximate surface area is 243 Å². The van der Waals surface area contributed by atoms with Crippen LogP contribution < -0.4 is 0 Å². The standard InChI is InChI=1S/C32H20.2FHO3S/c1-5-13-27-23(9-1)24-10-2-6-14-28(24)31(27)21-17-19-22(20-18-21)32-29-15-7-3-11-25(29)26-12-4-8-16-30(26)32;2*1-5(2,3)4/h1-20H;2*(H,2,3,4)/q+2;;/p-2. The summed E-state index contributed by atoms with van der Waals surface area (Å²) in [5.74, 6) is 2.67. The van der Waals surface area contributed by atoms with E-state index in [1.807, 2.05) is 0 Å². The molecule has 0 atom stereocenters. The van der Waals surface area contributed by atoms with E-state index in [1.165, 1.54) is 67.5 Å². The first kappa shape index (κ1) is 29.0. The largest absolute Gasteiger partial charge is 0.722 e. The summed E-state index contributed by atoms with van der Waals surface area (Å²) in [5, 5.41) is 0. The van der Waals surface area contributed by atoms with Crippen molar-refractivity contribution < 1.29 is 33.7 Å². The lowest BCUT2D eigenvalue weighted by molar-refractivity contribution is 0.414. The second-order valence-corrected chi connectivity index (χ2v) is 10.9. The van der Waals surface area contributed by atoms with Crippen molar-refractivity contribution >= 4 is 21.0 Å². The molecule has 0 unspecified atom stereocenters. The number of benzene rings is 5. The highest BCUT2D eigenvalue weighted by Gasteiger charge is 2.38. The summed E-state index contributed by atoms with van der Waals surface area (Å²) >= 11 is 0. The third-order valence-corrected chi connectivity index (χ3v) is 6.83. The van der Waals surface area contributed by atoms with Crippen LogP contribution >= 0.6 is 0 Å². The summed E-state index contributed by atoms with van der Waals surface area (Å²) < 4.78 is 70.7. The van der Waals surface area contributed by atoms with E-state index in [4.69, 9.17) is 25.9 Å². The summed E-state index contributed by atoms with van der Waals surface area (Å²) in [6, 6.07) is 44.2. The lowest BCUT2D eigenvalue weighted by Crippen LogP contribution is -2.03. The zero-order chi connectivity index (χ0) is 30.1. The van der Waals surface area contributed by atoms with E-state index >= 15 is 0 Å². The van der Waals surface area contributed by atoms with E-state index in [2.05, 4.69) is 121 Å². The summed E-state index contributed by atoms with van der Waals surface area (Å²) in [6.45, 7) is 0. The minimum atomic E-state index is -5.42. The van der Waals surface area contributed by atoms with Crippen molar-refractivity contribution in [1.29, 1.82) is 0 Å². The molecule has 6 nitrogen and oxygen atoms in total. The van der Waals surface area contributed by atoms with Crippen molar-refractivity contribution in [3.05, 3.63) is 167 Å². The van der Waals surface area contributed by atoms with Crippen molar-refractivity contribution in [3.8, 4) is 22.3 Å². The number of hydrogen-bond donors (Lipinski definition) is 0. The van der Waals surface area contributed by atoms with Gasteiger partial charge in [-0.2, -0.15) is 0 Å². The molecule has 7 rings (SSSR count). The second kappa shape index (κ2) is 11.4. The predicted molar refractivity (Wildman–Crippen MR) is 153 cm³/mol. The molecule has 0 aromatic heterocycles. The van der Waals surface area contributed by atoms with E-state index < -0.39 is 21.0 Å². The van der Waals surface area contributed by atoms with Gasteiger partial charge in [0.25, 0.3) is 21.0 Å². The monoisotopic (exact) mass is 602 g/mol. The van der Waals surface area contributed by atoms with Crippen molar-refractivity contribution in [2.45, 2.75) is 0 Å². The molecule has 0 bridgehead atoms. The molecule has 10 heteroatoms. The Bertz CT molecular complexity index is 1720. The third-order valence-electron chi connectivity index (χ3n) is 6.83. The Morgan fingerprint density at radius 1 is 0.405 bits per heavy atom. The Morgan fingerprint density at radius 2 is 0.595 bits per heavy atom. The zero-order valence-electron chi connectivity index (χ0n) is 21.6. The molecular weight excluding hydrogens is 582 g/mol. The zero-order valence-corrected chi connectivity index (χ0v) is 23.2. The molecule has 0 spiro atoms. The van der Waals surface area contributed by atoms with Gasteiger partial charge in [-0.15, -0.1) is 7.77 Å². The van der Waals surface area contributed by atoms with Crippen LogP contribution in [-0.4, -0.2) is 25.9 Å². The number of fused-ring (bicyclic) bond motifs is 6. The molecule has 0 radical (unpaired) electrons. The molecule has 0 fully saturated rings. The van der Waals surface area contributed by atoms with E-state index in [1.54, 1.807) is 0 Å². The molecule has 0 N–H and O–H groups in total. The highest BCUT2D eigenvalue weighted by molar-refractivity contribution is 7.80. The number of hydrogen-bond acceptors (Lipinski definition) is 6. The number of rotatable bonds is 2. The quantitative estimate of drug-likeness (QED) is 0.126.